The Kier molecular flexibility index (Phi) is 4.95. The molecule has 0 aromatic carbocycles. The molecule has 0 radical (unpaired) electrons. The van der Waals surface area contributed by atoms with Crippen LogP contribution in [0, 0.1) is 5.41 Å². The summed E-state index contributed by atoms with van der Waals surface area (Å²) in [4.78, 5) is 0. The third-order valence-corrected chi connectivity index (χ3v) is 3.72. The number of hydrogen-bond donors (Lipinski definition) is 0. The van der Waals surface area contributed by atoms with E-state index in [-0.39, 0.29) is 5.41 Å². The van der Waals surface area contributed by atoms with Gasteiger partial charge in [0, 0.05) is 0 Å². The number of halogens is 1. The van der Waals surface area contributed by atoms with Crippen molar-refractivity contribution in [1.82, 2.24) is 0 Å². The van der Waals surface area contributed by atoms with Crippen molar-refractivity contribution in [2.24, 2.45) is 5.41 Å². The standard InChI is InChI=1S/C12H25F/c1-6-11(5,7-2)10-12(13,8-3)9-4/h6-10H2,1-5H3. The van der Waals surface area contributed by atoms with Crippen LogP contribution >= 0.6 is 0 Å². The number of alkyl halides is 1. The van der Waals surface area contributed by atoms with E-state index < -0.39 is 5.67 Å². The summed E-state index contributed by atoms with van der Waals surface area (Å²) in [5.41, 5.74) is -0.735. The van der Waals surface area contributed by atoms with Gasteiger partial charge in [-0.2, -0.15) is 0 Å². The Hall–Kier alpha value is -0.0700. The van der Waals surface area contributed by atoms with E-state index in [2.05, 4.69) is 20.8 Å². The summed E-state index contributed by atoms with van der Waals surface area (Å²) < 4.78 is 14.1. The molecule has 0 fully saturated rings. The smallest absolute Gasteiger partial charge is 0.111 e. The van der Waals surface area contributed by atoms with E-state index in [1.165, 1.54) is 0 Å². The van der Waals surface area contributed by atoms with Gasteiger partial charge in [0.25, 0.3) is 0 Å². The minimum Gasteiger partial charge on any atom is -0.244 e. The maximum atomic E-state index is 14.1. The van der Waals surface area contributed by atoms with Crippen LogP contribution in [-0.4, -0.2) is 5.67 Å². The summed E-state index contributed by atoms with van der Waals surface area (Å²) in [7, 11) is 0. The maximum Gasteiger partial charge on any atom is 0.111 e. The van der Waals surface area contributed by atoms with Gasteiger partial charge in [-0.05, 0) is 24.7 Å². The lowest BCUT2D eigenvalue weighted by molar-refractivity contribution is 0.0694. The van der Waals surface area contributed by atoms with Gasteiger partial charge in [0.05, 0.1) is 0 Å². The molecule has 80 valence electrons. The summed E-state index contributed by atoms with van der Waals surface area (Å²) in [6.07, 6.45) is 4.18. The summed E-state index contributed by atoms with van der Waals surface area (Å²) in [6, 6.07) is 0. The Morgan fingerprint density at radius 2 is 1.23 bits per heavy atom. The van der Waals surface area contributed by atoms with Gasteiger partial charge >= 0.3 is 0 Å². The molecule has 0 N–H and O–H groups in total. The predicted molar refractivity (Wildman–Crippen MR) is 57.7 cm³/mol. The topological polar surface area (TPSA) is 0 Å². The Morgan fingerprint density at radius 1 is 0.846 bits per heavy atom. The highest BCUT2D eigenvalue weighted by Gasteiger charge is 2.34. The van der Waals surface area contributed by atoms with Crippen molar-refractivity contribution in [2.45, 2.75) is 72.4 Å². The van der Waals surface area contributed by atoms with Crippen LogP contribution in [0.2, 0.25) is 0 Å². The van der Waals surface area contributed by atoms with Crippen LogP contribution in [0.25, 0.3) is 0 Å². The average molecular weight is 188 g/mol. The van der Waals surface area contributed by atoms with Crippen molar-refractivity contribution >= 4 is 0 Å². The molecule has 0 unspecified atom stereocenters. The van der Waals surface area contributed by atoms with Gasteiger partial charge in [-0.15, -0.1) is 0 Å². The van der Waals surface area contributed by atoms with Crippen molar-refractivity contribution in [3.8, 4) is 0 Å². The van der Waals surface area contributed by atoms with Crippen LogP contribution in [0.15, 0.2) is 0 Å². The maximum absolute atomic E-state index is 14.1. The van der Waals surface area contributed by atoms with Crippen molar-refractivity contribution in [2.75, 3.05) is 0 Å². The molecular formula is C12H25F. The van der Waals surface area contributed by atoms with E-state index in [0.29, 0.717) is 12.8 Å². The van der Waals surface area contributed by atoms with Crippen molar-refractivity contribution in [3.63, 3.8) is 0 Å². The van der Waals surface area contributed by atoms with Crippen LogP contribution in [0.4, 0.5) is 4.39 Å². The second-order valence-electron chi connectivity index (χ2n) is 4.55. The fourth-order valence-electron chi connectivity index (χ4n) is 1.76. The van der Waals surface area contributed by atoms with Crippen LogP contribution < -0.4 is 0 Å². The van der Waals surface area contributed by atoms with E-state index in [1.807, 2.05) is 13.8 Å². The van der Waals surface area contributed by atoms with Crippen molar-refractivity contribution in [3.05, 3.63) is 0 Å². The van der Waals surface area contributed by atoms with E-state index >= 15 is 0 Å². The molecule has 0 heterocycles. The summed E-state index contributed by atoms with van der Waals surface area (Å²) in [6.45, 7) is 10.4. The average Bonchev–Trinajstić information content (AvgIpc) is 2.17. The first-order valence-corrected chi connectivity index (χ1v) is 5.64. The zero-order valence-corrected chi connectivity index (χ0v) is 9.91. The molecule has 0 amide bonds. The first-order valence-electron chi connectivity index (χ1n) is 5.64. The molecule has 0 aliphatic heterocycles. The van der Waals surface area contributed by atoms with Crippen molar-refractivity contribution < 1.29 is 4.39 Å². The highest BCUT2D eigenvalue weighted by Crippen LogP contribution is 2.39. The summed E-state index contributed by atoms with van der Waals surface area (Å²) in [5, 5.41) is 0. The molecule has 0 atom stereocenters. The highest BCUT2D eigenvalue weighted by atomic mass is 19.1. The Labute approximate surface area is 82.9 Å². The second kappa shape index (κ2) is 4.97. The first-order chi connectivity index (χ1) is 5.95. The van der Waals surface area contributed by atoms with Crippen LogP contribution in [0.1, 0.15) is 66.7 Å². The van der Waals surface area contributed by atoms with Crippen LogP contribution in [-0.2, 0) is 0 Å². The number of rotatable bonds is 6. The molecular weight excluding hydrogens is 163 g/mol. The Balaban J connectivity index is 4.36. The zero-order valence-electron chi connectivity index (χ0n) is 9.91. The van der Waals surface area contributed by atoms with Gasteiger partial charge < -0.3 is 0 Å². The van der Waals surface area contributed by atoms with Gasteiger partial charge in [-0.1, -0.05) is 47.5 Å². The lowest BCUT2D eigenvalue weighted by atomic mass is 9.74. The Morgan fingerprint density at radius 3 is 1.46 bits per heavy atom. The molecule has 0 aromatic rings. The highest BCUT2D eigenvalue weighted by molar-refractivity contribution is 4.85. The molecule has 0 rings (SSSR count). The summed E-state index contributed by atoms with van der Waals surface area (Å²) in [5.74, 6) is 0. The van der Waals surface area contributed by atoms with Gasteiger partial charge in [-0.3, -0.25) is 0 Å². The third-order valence-electron chi connectivity index (χ3n) is 3.72. The van der Waals surface area contributed by atoms with Crippen LogP contribution in [0.3, 0.4) is 0 Å². The molecule has 0 nitrogen and oxygen atoms in total. The molecule has 1 heteroatoms. The van der Waals surface area contributed by atoms with E-state index in [4.69, 9.17) is 0 Å². The molecule has 0 aliphatic rings. The normalized spacial score (nSPS) is 13.4. The molecule has 13 heavy (non-hydrogen) atoms. The van der Waals surface area contributed by atoms with E-state index in [9.17, 15) is 4.39 Å². The fraction of sp³-hybridized carbons (Fsp3) is 1.00. The molecule has 0 saturated heterocycles. The molecule has 0 saturated carbocycles. The van der Waals surface area contributed by atoms with Gasteiger partial charge in [0.1, 0.15) is 5.67 Å². The van der Waals surface area contributed by atoms with E-state index in [0.717, 1.165) is 19.3 Å². The fourth-order valence-corrected chi connectivity index (χ4v) is 1.76. The SMILES string of the molecule is CCC(C)(CC)CC(F)(CC)CC. The largest absolute Gasteiger partial charge is 0.244 e. The van der Waals surface area contributed by atoms with Crippen LogP contribution in [0.5, 0.6) is 0 Å². The zero-order chi connectivity index (χ0) is 10.5. The minimum atomic E-state index is -0.930. The second-order valence-corrected chi connectivity index (χ2v) is 4.55. The first kappa shape index (κ1) is 12.9. The van der Waals surface area contributed by atoms with Crippen molar-refractivity contribution in [1.29, 1.82) is 0 Å². The lowest BCUT2D eigenvalue weighted by Crippen LogP contribution is -2.30. The van der Waals surface area contributed by atoms with Gasteiger partial charge in [-0.25, -0.2) is 4.39 Å². The summed E-state index contributed by atoms with van der Waals surface area (Å²) >= 11 is 0. The van der Waals surface area contributed by atoms with Gasteiger partial charge in [0.15, 0.2) is 0 Å². The molecule has 0 aliphatic carbocycles. The molecule has 0 spiro atoms. The number of hydrogen-bond acceptors (Lipinski definition) is 0. The molecule has 0 bridgehead atoms. The van der Waals surface area contributed by atoms with Gasteiger partial charge in [0.2, 0.25) is 0 Å². The lowest BCUT2D eigenvalue weighted by Gasteiger charge is -2.34. The quantitative estimate of drug-likeness (QED) is 0.565. The third kappa shape index (κ3) is 3.66. The minimum absolute atomic E-state index is 0.195. The Bertz CT molecular complexity index is 116. The molecule has 0 aromatic heterocycles. The monoisotopic (exact) mass is 188 g/mol. The predicted octanol–water partition coefficient (Wildman–Crippen LogP) is 4.73. The van der Waals surface area contributed by atoms with E-state index in [1.54, 1.807) is 0 Å².